The highest BCUT2D eigenvalue weighted by molar-refractivity contribution is 9.10. The number of fused-ring (bicyclic) bond motifs is 1. The summed E-state index contributed by atoms with van der Waals surface area (Å²) >= 11 is 3.42. The fraction of sp³-hybridized carbons (Fsp3) is 0.222. The third-order valence-electron chi connectivity index (χ3n) is 2.14. The second-order valence-electron chi connectivity index (χ2n) is 2.93. The number of benzene rings is 1. The number of halogens is 1. The lowest BCUT2D eigenvalue weighted by Gasteiger charge is -1.99. The number of aryl methyl sites for hydroxylation is 1. The first-order chi connectivity index (χ1) is 6.24. The molecule has 0 aliphatic rings. The molecular formula is C9H10BrN3. The highest BCUT2D eigenvalue weighted by Gasteiger charge is 2.08. The maximum Gasteiger partial charge on any atom is 0.136 e. The third kappa shape index (κ3) is 1.26. The summed E-state index contributed by atoms with van der Waals surface area (Å²) in [7, 11) is 1.92. The molecule has 0 fully saturated rings. The Labute approximate surface area is 84.7 Å². The van der Waals surface area contributed by atoms with Gasteiger partial charge < -0.3 is 5.73 Å². The lowest BCUT2D eigenvalue weighted by atomic mass is 10.1. The van der Waals surface area contributed by atoms with Crippen molar-refractivity contribution in [1.82, 2.24) is 9.78 Å². The summed E-state index contributed by atoms with van der Waals surface area (Å²) in [6, 6.07) is 6.06. The first-order valence-corrected chi connectivity index (χ1v) is 4.83. The Morgan fingerprint density at radius 1 is 1.54 bits per heavy atom. The van der Waals surface area contributed by atoms with E-state index in [0.717, 1.165) is 21.1 Å². The molecule has 1 heterocycles. The molecule has 0 unspecified atom stereocenters. The van der Waals surface area contributed by atoms with Crippen molar-refractivity contribution in [2.45, 2.75) is 6.54 Å². The smallest absolute Gasteiger partial charge is 0.136 e. The monoisotopic (exact) mass is 239 g/mol. The topological polar surface area (TPSA) is 43.8 Å². The molecule has 0 aliphatic carbocycles. The summed E-state index contributed by atoms with van der Waals surface area (Å²) in [5.74, 6) is 0. The molecule has 2 rings (SSSR count). The van der Waals surface area contributed by atoms with Crippen molar-refractivity contribution in [2.75, 3.05) is 0 Å². The summed E-state index contributed by atoms with van der Waals surface area (Å²) in [6.45, 7) is 0.543. The van der Waals surface area contributed by atoms with E-state index in [2.05, 4.69) is 21.0 Å². The molecule has 0 saturated carbocycles. The molecule has 0 spiro atoms. The molecule has 0 amide bonds. The minimum absolute atomic E-state index is 0.543. The van der Waals surface area contributed by atoms with Gasteiger partial charge in [-0.3, -0.25) is 4.68 Å². The van der Waals surface area contributed by atoms with Gasteiger partial charge in [-0.2, -0.15) is 5.10 Å². The van der Waals surface area contributed by atoms with Crippen molar-refractivity contribution in [3.8, 4) is 0 Å². The average Bonchev–Trinajstić information content (AvgIpc) is 2.43. The molecule has 1 aromatic heterocycles. The van der Waals surface area contributed by atoms with Crippen LogP contribution in [0, 0.1) is 0 Å². The van der Waals surface area contributed by atoms with E-state index in [1.165, 1.54) is 0 Å². The van der Waals surface area contributed by atoms with E-state index in [9.17, 15) is 0 Å². The molecule has 13 heavy (non-hydrogen) atoms. The van der Waals surface area contributed by atoms with Gasteiger partial charge in [-0.1, -0.05) is 12.1 Å². The molecule has 68 valence electrons. The summed E-state index contributed by atoms with van der Waals surface area (Å²) in [5.41, 5.74) is 7.87. The second-order valence-corrected chi connectivity index (χ2v) is 3.68. The summed E-state index contributed by atoms with van der Waals surface area (Å²) in [6.07, 6.45) is 0. The summed E-state index contributed by atoms with van der Waals surface area (Å²) in [5, 5.41) is 5.39. The number of nitrogens with zero attached hydrogens (tertiary/aromatic N) is 2. The van der Waals surface area contributed by atoms with Crippen LogP contribution in [0.5, 0.6) is 0 Å². The van der Waals surface area contributed by atoms with E-state index in [-0.39, 0.29) is 0 Å². The van der Waals surface area contributed by atoms with E-state index < -0.39 is 0 Å². The van der Waals surface area contributed by atoms with Crippen LogP contribution >= 0.6 is 15.9 Å². The molecule has 4 heteroatoms. The minimum Gasteiger partial charge on any atom is -0.326 e. The van der Waals surface area contributed by atoms with Gasteiger partial charge in [-0.25, -0.2) is 0 Å². The van der Waals surface area contributed by atoms with E-state index in [1.807, 2.05) is 29.9 Å². The number of hydrogen-bond donors (Lipinski definition) is 1. The summed E-state index contributed by atoms with van der Waals surface area (Å²) in [4.78, 5) is 0. The summed E-state index contributed by atoms with van der Waals surface area (Å²) < 4.78 is 2.71. The van der Waals surface area contributed by atoms with Crippen molar-refractivity contribution < 1.29 is 0 Å². The van der Waals surface area contributed by atoms with Crippen LogP contribution in [-0.4, -0.2) is 9.78 Å². The quantitative estimate of drug-likeness (QED) is 0.825. The van der Waals surface area contributed by atoms with Gasteiger partial charge in [0, 0.05) is 19.0 Å². The third-order valence-corrected chi connectivity index (χ3v) is 2.70. The lowest BCUT2D eigenvalue weighted by Crippen LogP contribution is -1.96. The highest BCUT2D eigenvalue weighted by Crippen LogP contribution is 2.25. The van der Waals surface area contributed by atoms with Gasteiger partial charge in [0.25, 0.3) is 0 Å². The zero-order valence-corrected chi connectivity index (χ0v) is 8.87. The van der Waals surface area contributed by atoms with Crippen LogP contribution < -0.4 is 5.73 Å². The van der Waals surface area contributed by atoms with E-state index >= 15 is 0 Å². The molecule has 0 aliphatic heterocycles. The van der Waals surface area contributed by atoms with Crippen molar-refractivity contribution in [3.63, 3.8) is 0 Å². The molecule has 0 radical (unpaired) electrons. The Hall–Kier alpha value is -0.870. The number of nitrogens with two attached hydrogens (primary N) is 1. The zero-order valence-electron chi connectivity index (χ0n) is 7.29. The van der Waals surface area contributed by atoms with Crippen molar-refractivity contribution in [3.05, 3.63) is 28.4 Å². The van der Waals surface area contributed by atoms with Crippen LogP contribution in [-0.2, 0) is 13.6 Å². The second kappa shape index (κ2) is 3.12. The molecule has 0 saturated heterocycles. The van der Waals surface area contributed by atoms with Gasteiger partial charge in [0.1, 0.15) is 4.60 Å². The van der Waals surface area contributed by atoms with Crippen LogP contribution in [0.15, 0.2) is 22.8 Å². The van der Waals surface area contributed by atoms with Gasteiger partial charge >= 0.3 is 0 Å². The van der Waals surface area contributed by atoms with Crippen molar-refractivity contribution in [2.24, 2.45) is 12.8 Å². The Kier molecular flexibility index (Phi) is 2.09. The Morgan fingerprint density at radius 3 is 3.00 bits per heavy atom. The highest BCUT2D eigenvalue weighted by atomic mass is 79.9. The van der Waals surface area contributed by atoms with Crippen LogP contribution in [0.4, 0.5) is 0 Å². The van der Waals surface area contributed by atoms with Crippen LogP contribution in [0.3, 0.4) is 0 Å². The SMILES string of the molecule is Cn1nc(Br)c2c(CN)cccc21. The standard InChI is InChI=1S/C9H10BrN3/c1-13-7-4-2-3-6(5-11)8(7)9(10)12-13/h2-4H,5,11H2,1H3. The van der Waals surface area contributed by atoms with Gasteiger partial charge in [0.2, 0.25) is 0 Å². The van der Waals surface area contributed by atoms with Gasteiger partial charge in [-0.15, -0.1) is 0 Å². The Balaban J connectivity index is 2.88. The number of rotatable bonds is 1. The van der Waals surface area contributed by atoms with Crippen LogP contribution in [0.25, 0.3) is 10.9 Å². The maximum atomic E-state index is 5.64. The van der Waals surface area contributed by atoms with E-state index in [4.69, 9.17) is 5.73 Å². The molecule has 0 bridgehead atoms. The molecule has 3 nitrogen and oxygen atoms in total. The number of aromatic nitrogens is 2. The van der Waals surface area contributed by atoms with Crippen molar-refractivity contribution in [1.29, 1.82) is 0 Å². The first kappa shape index (κ1) is 8.72. The maximum absolute atomic E-state index is 5.64. The predicted octanol–water partition coefficient (Wildman–Crippen LogP) is 1.79. The van der Waals surface area contributed by atoms with E-state index in [0.29, 0.717) is 6.54 Å². The lowest BCUT2D eigenvalue weighted by molar-refractivity contribution is 0.788. The normalized spacial score (nSPS) is 11.0. The number of hydrogen-bond acceptors (Lipinski definition) is 2. The van der Waals surface area contributed by atoms with Crippen LogP contribution in [0.2, 0.25) is 0 Å². The predicted molar refractivity (Wildman–Crippen MR) is 56.3 cm³/mol. The van der Waals surface area contributed by atoms with Gasteiger partial charge in [0.15, 0.2) is 0 Å². The Morgan fingerprint density at radius 2 is 2.31 bits per heavy atom. The fourth-order valence-electron chi connectivity index (χ4n) is 1.50. The molecule has 2 aromatic rings. The first-order valence-electron chi connectivity index (χ1n) is 4.04. The molecule has 0 atom stereocenters. The van der Waals surface area contributed by atoms with Gasteiger partial charge in [-0.05, 0) is 27.6 Å². The largest absolute Gasteiger partial charge is 0.326 e. The minimum atomic E-state index is 0.543. The Bertz CT molecular complexity index is 447. The van der Waals surface area contributed by atoms with Crippen LogP contribution in [0.1, 0.15) is 5.56 Å². The fourth-order valence-corrected chi connectivity index (χ4v) is 2.20. The molecule has 1 aromatic carbocycles. The van der Waals surface area contributed by atoms with Crippen molar-refractivity contribution >= 4 is 26.8 Å². The average molecular weight is 240 g/mol. The van der Waals surface area contributed by atoms with E-state index in [1.54, 1.807) is 0 Å². The zero-order chi connectivity index (χ0) is 9.42. The molecular weight excluding hydrogens is 230 g/mol. The molecule has 2 N–H and O–H groups in total. The van der Waals surface area contributed by atoms with Gasteiger partial charge in [0.05, 0.1) is 5.52 Å².